The SMILES string of the molecule is Cc1c(OCCCN2CCOCC2)cccc1-c1cccc2c1CCN2C(=O)c1nc2c(n1C)CN(CC(=O)O)CC2. The maximum absolute atomic E-state index is 13.8. The zero-order valence-corrected chi connectivity index (χ0v) is 24.5. The van der Waals surface area contributed by atoms with E-state index in [0.717, 1.165) is 90.8 Å². The Kier molecular flexibility index (Phi) is 8.28. The van der Waals surface area contributed by atoms with Crippen LogP contribution in [0.5, 0.6) is 5.75 Å². The summed E-state index contributed by atoms with van der Waals surface area (Å²) in [5.74, 6) is 0.326. The van der Waals surface area contributed by atoms with Crippen LogP contribution in [0, 0.1) is 6.92 Å². The molecular weight excluding hydrogens is 534 g/mol. The number of hydrogen-bond donors (Lipinski definition) is 1. The van der Waals surface area contributed by atoms with Gasteiger partial charge in [0.2, 0.25) is 0 Å². The zero-order chi connectivity index (χ0) is 29.2. The van der Waals surface area contributed by atoms with Crippen molar-refractivity contribution < 1.29 is 24.2 Å². The quantitative estimate of drug-likeness (QED) is 0.390. The Labute approximate surface area is 246 Å². The van der Waals surface area contributed by atoms with Gasteiger partial charge in [0.05, 0.1) is 37.8 Å². The predicted octanol–water partition coefficient (Wildman–Crippen LogP) is 3.14. The number of benzene rings is 2. The van der Waals surface area contributed by atoms with Gasteiger partial charge in [-0.25, -0.2) is 4.98 Å². The van der Waals surface area contributed by atoms with Gasteiger partial charge in [-0.1, -0.05) is 24.3 Å². The van der Waals surface area contributed by atoms with Gasteiger partial charge in [0.15, 0.2) is 5.82 Å². The third-order valence-corrected chi connectivity index (χ3v) is 8.71. The number of carbonyl (C=O) groups is 2. The molecule has 3 aliphatic heterocycles. The van der Waals surface area contributed by atoms with E-state index in [0.29, 0.717) is 38.5 Å². The number of amides is 1. The Morgan fingerprint density at radius 3 is 2.60 bits per heavy atom. The maximum Gasteiger partial charge on any atom is 0.317 e. The van der Waals surface area contributed by atoms with Crippen LogP contribution in [-0.2, 0) is 36.0 Å². The normalized spacial score (nSPS) is 17.2. The molecule has 222 valence electrons. The molecule has 10 heteroatoms. The number of anilines is 1. The Morgan fingerprint density at radius 2 is 1.79 bits per heavy atom. The maximum atomic E-state index is 13.8. The molecule has 1 aromatic heterocycles. The number of aromatic nitrogens is 2. The van der Waals surface area contributed by atoms with Gasteiger partial charge >= 0.3 is 5.97 Å². The molecule has 10 nitrogen and oxygen atoms in total. The molecule has 0 saturated carbocycles. The number of carbonyl (C=O) groups excluding carboxylic acids is 1. The van der Waals surface area contributed by atoms with E-state index in [4.69, 9.17) is 14.5 Å². The van der Waals surface area contributed by atoms with Crippen molar-refractivity contribution in [3.05, 3.63) is 64.7 Å². The van der Waals surface area contributed by atoms with Crippen LogP contribution < -0.4 is 9.64 Å². The lowest BCUT2D eigenvalue weighted by Gasteiger charge is -2.26. The number of carboxylic acid groups (broad SMARTS) is 1. The van der Waals surface area contributed by atoms with Gasteiger partial charge in [0.25, 0.3) is 5.91 Å². The van der Waals surface area contributed by atoms with Crippen molar-refractivity contribution in [2.45, 2.75) is 32.7 Å². The van der Waals surface area contributed by atoms with Gasteiger partial charge < -0.3 is 24.0 Å². The van der Waals surface area contributed by atoms with Gasteiger partial charge in [0, 0.05) is 58.4 Å². The van der Waals surface area contributed by atoms with E-state index < -0.39 is 5.97 Å². The molecular formula is C32H39N5O5. The second-order valence-corrected chi connectivity index (χ2v) is 11.3. The average molecular weight is 574 g/mol. The van der Waals surface area contributed by atoms with Crippen LogP contribution in [0.1, 0.15) is 39.6 Å². The summed E-state index contributed by atoms with van der Waals surface area (Å²) in [7, 11) is 1.85. The lowest BCUT2D eigenvalue weighted by molar-refractivity contribution is -0.138. The number of morpholine rings is 1. The minimum atomic E-state index is -0.850. The molecule has 1 amide bonds. The first-order valence-electron chi connectivity index (χ1n) is 14.9. The fraction of sp³-hybridized carbons (Fsp3) is 0.469. The molecule has 0 atom stereocenters. The van der Waals surface area contributed by atoms with Crippen LogP contribution in [0.4, 0.5) is 5.69 Å². The number of fused-ring (bicyclic) bond motifs is 2. The number of imidazole rings is 1. The van der Waals surface area contributed by atoms with E-state index in [-0.39, 0.29) is 12.5 Å². The highest BCUT2D eigenvalue weighted by Crippen LogP contribution is 2.40. The molecule has 0 radical (unpaired) electrons. The third kappa shape index (κ3) is 5.66. The average Bonchev–Trinajstić information content (AvgIpc) is 3.57. The van der Waals surface area contributed by atoms with E-state index in [1.807, 2.05) is 45.7 Å². The van der Waals surface area contributed by atoms with Crippen molar-refractivity contribution in [3.63, 3.8) is 0 Å². The summed E-state index contributed by atoms with van der Waals surface area (Å²) < 4.78 is 13.5. The van der Waals surface area contributed by atoms with E-state index >= 15 is 0 Å². The number of carboxylic acids is 1. The summed E-state index contributed by atoms with van der Waals surface area (Å²) >= 11 is 0. The summed E-state index contributed by atoms with van der Waals surface area (Å²) in [5, 5.41) is 9.21. The molecule has 42 heavy (non-hydrogen) atoms. The molecule has 3 aromatic rings. The smallest absolute Gasteiger partial charge is 0.317 e. The fourth-order valence-corrected chi connectivity index (χ4v) is 6.43. The molecule has 0 bridgehead atoms. The molecule has 1 fully saturated rings. The topological polar surface area (TPSA) is 100 Å². The summed E-state index contributed by atoms with van der Waals surface area (Å²) in [6.07, 6.45) is 2.36. The summed E-state index contributed by atoms with van der Waals surface area (Å²) in [6, 6.07) is 12.4. The van der Waals surface area contributed by atoms with Crippen molar-refractivity contribution in [2.75, 3.05) is 64.0 Å². The lowest BCUT2D eigenvalue weighted by Crippen LogP contribution is -2.37. The summed E-state index contributed by atoms with van der Waals surface area (Å²) in [5.41, 5.74) is 7.22. The molecule has 0 aliphatic carbocycles. The van der Waals surface area contributed by atoms with Crippen LogP contribution in [0.2, 0.25) is 0 Å². The first-order valence-corrected chi connectivity index (χ1v) is 14.9. The summed E-state index contributed by atoms with van der Waals surface area (Å²) in [4.78, 5) is 35.9. The second-order valence-electron chi connectivity index (χ2n) is 11.3. The van der Waals surface area contributed by atoms with Crippen molar-refractivity contribution in [1.29, 1.82) is 0 Å². The Bertz CT molecular complexity index is 1480. The van der Waals surface area contributed by atoms with Crippen molar-refractivity contribution in [3.8, 4) is 16.9 Å². The highest BCUT2D eigenvalue weighted by molar-refractivity contribution is 6.06. The molecule has 0 spiro atoms. The van der Waals surface area contributed by atoms with Crippen molar-refractivity contribution in [2.24, 2.45) is 7.05 Å². The van der Waals surface area contributed by atoms with Crippen molar-refractivity contribution in [1.82, 2.24) is 19.4 Å². The van der Waals surface area contributed by atoms with Crippen LogP contribution in [0.15, 0.2) is 36.4 Å². The largest absolute Gasteiger partial charge is 0.493 e. The minimum absolute atomic E-state index is 0.0176. The number of nitrogens with zero attached hydrogens (tertiary/aromatic N) is 5. The van der Waals surface area contributed by atoms with Crippen LogP contribution in [0.3, 0.4) is 0 Å². The lowest BCUT2D eigenvalue weighted by atomic mass is 9.94. The van der Waals surface area contributed by atoms with Gasteiger partial charge in [0.1, 0.15) is 5.75 Å². The number of hydrogen-bond acceptors (Lipinski definition) is 7. The van der Waals surface area contributed by atoms with Crippen LogP contribution in [0.25, 0.3) is 11.1 Å². The van der Waals surface area contributed by atoms with Gasteiger partial charge in [-0.15, -0.1) is 0 Å². The highest BCUT2D eigenvalue weighted by Gasteiger charge is 2.33. The monoisotopic (exact) mass is 573 g/mol. The van der Waals surface area contributed by atoms with Crippen molar-refractivity contribution >= 4 is 17.6 Å². The number of rotatable bonds is 9. The van der Waals surface area contributed by atoms with Gasteiger partial charge in [-0.3, -0.25) is 19.4 Å². The standard InChI is InChI=1S/C32H39N5O5/c1-22-23(6-4-9-29(22)42-17-5-12-35-15-18-41-19-16-35)24-7-3-8-27-25(24)10-14-37(27)32(40)31-33-26-11-13-36(21-30(38)39)20-28(26)34(31)2/h3-4,6-9H,5,10-21H2,1-2H3,(H,38,39). The van der Waals surface area contributed by atoms with Gasteiger partial charge in [-0.05, 0) is 54.2 Å². The molecule has 6 rings (SSSR count). The molecule has 2 aromatic carbocycles. The summed E-state index contributed by atoms with van der Waals surface area (Å²) in [6.45, 7) is 9.04. The van der Waals surface area contributed by atoms with E-state index in [1.165, 1.54) is 0 Å². The molecule has 0 unspecified atom stereocenters. The second kappa shape index (κ2) is 12.2. The molecule has 1 saturated heterocycles. The van der Waals surface area contributed by atoms with Crippen LogP contribution in [-0.4, -0.2) is 95.4 Å². The van der Waals surface area contributed by atoms with Crippen LogP contribution >= 0.6 is 0 Å². The molecule has 3 aliphatic rings. The fourth-order valence-electron chi connectivity index (χ4n) is 6.43. The van der Waals surface area contributed by atoms with Gasteiger partial charge in [-0.2, -0.15) is 0 Å². The zero-order valence-electron chi connectivity index (χ0n) is 24.5. The minimum Gasteiger partial charge on any atom is -0.493 e. The Morgan fingerprint density at radius 1 is 1.00 bits per heavy atom. The first-order chi connectivity index (χ1) is 20.4. The Balaban J connectivity index is 1.18. The Hall–Kier alpha value is -3.73. The predicted molar refractivity (Wildman–Crippen MR) is 159 cm³/mol. The van der Waals surface area contributed by atoms with E-state index in [9.17, 15) is 14.7 Å². The molecule has 1 N–H and O–H groups in total. The van der Waals surface area contributed by atoms with E-state index in [2.05, 4.69) is 24.0 Å². The highest BCUT2D eigenvalue weighted by atomic mass is 16.5. The number of aliphatic carboxylic acids is 1. The number of ether oxygens (including phenoxy) is 2. The van der Waals surface area contributed by atoms with E-state index in [1.54, 1.807) is 0 Å². The molecule has 4 heterocycles. The first kappa shape index (κ1) is 28.4. The third-order valence-electron chi connectivity index (χ3n) is 8.71.